The SMILES string of the molecule is O=C1N=c2ccccc2=C1c1sc(=S)n(-c2ccc(Cl)c(Cl)c2)c1O. The van der Waals surface area contributed by atoms with E-state index in [0.717, 1.165) is 11.3 Å². The fraction of sp³-hybridized carbons (Fsp3) is 0. The maximum absolute atomic E-state index is 12.3. The number of rotatable bonds is 2. The zero-order valence-corrected chi connectivity index (χ0v) is 15.5. The first-order chi connectivity index (χ1) is 12.0. The highest BCUT2D eigenvalue weighted by Gasteiger charge is 2.25. The summed E-state index contributed by atoms with van der Waals surface area (Å²) in [6, 6.07) is 12.1. The molecule has 0 bridgehead atoms. The van der Waals surface area contributed by atoms with E-state index < -0.39 is 5.91 Å². The van der Waals surface area contributed by atoms with Crippen LogP contribution in [0.15, 0.2) is 47.5 Å². The van der Waals surface area contributed by atoms with Gasteiger partial charge in [0.25, 0.3) is 5.91 Å². The average molecular weight is 407 g/mol. The molecule has 0 saturated carbocycles. The first kappa shape index (κ1) is 16.5. The Labute approximate surface area is 160 Å². The Balaban J connectivity index is 1.99. The van der Waals surface area contributed by atoms with Gasteiger partial charge in [0, 0.05) is 5.22 Å². The van der Waals surface area contributed by atoms with E-state index in [1.54, 1.807) is 36.4 Å². The summed E-state index contributed by atoms with van der Waals surface area (Å²) in [6.07, 6.45) is 0. The number of amides is 1. The molecule has 0 radical (unpaired) electrons. The zero-order valence-electron chi connectivity index (χ0n) is 12.4. The molecule has 0 spiro atoms. The van der Waals surface area contributed by atoms with Crippen LogP contribution < -0.4 is 10.6 Å². The molecule has 1 aliphatic rings. The molecule has 8 heteroatoms. The molecule has 0 unspecified atom stereocenters. The van der Waals surface area contributed by atoms with Crippen LogP contribution in [0.4, 0.5) is 0 Å². The second-order valence-electron chi connectivity index (χ2n) is 5.26. The third-order valence-corrected chi connectivity index (χ3v) is 5.90. The van der Waals surface area contributed by atoms with E-state index in [-0.39, 0.29) is 5.88 Å². The summed E-state index contributed by atoms with van der Waals surface area (Å²) in [5.41, 5.74) is 0.915. The molecule has 1 aromatic heterocycles. The Bertz CT molecular complexity index is 1230. The zero-order chi connectivity index (χ0) is 17.7. The second kappa shape index (κ2) is 6.07. The van der Waals surface area contributed by atoms with Gasteiger partial charge in [-0.1, -0.05) is 41.4 Å². The number of fused-ring (bicyclic) bond motifs is 1. The Hall–Kier alpha value is -1.99. The number of halogens is 2. The van der Waals surface area contributed by atoms with Crippen LogP contribution in [-0.2, 0) is 4.79 Å². The fourth-order valence-corrected chi connectivity index (χ4v) is 4.34. The largest absolute Gasteiger partial charge is 0.493 e. The van der Waals surface area contributed by atoms with Crippen molar-refractivity contribution >= 4 is 58.2 Å². The number of para-hydroxylation sites is 1. The van der Waals surface area contributed by atoms with Gasteiger partial charge in [0.05, 0.1) is 26.7 Å². The van der Waals surface area contributed by atoms with E-state index in [2.05, 4.69) is 4.99 Å². The van der Waals surface area contributed by atoms with E-state index in [9.17, 15) is 9.90 Å². The highest BCUT2D eigenvalue weighted by Crippen LogP contribution is 2.36. The smallest absolute Gasteiger partial charge is 0.279 e. The first-order valence-corrected chi connectivity index (χ1v) is 9.08. The van der Waals surface area contributed by atoms with E-state index in [1.807, 2.05) is 6.07 Å². The quantitative estimate of drug-likeness (QED) is 0.660. The predicted molar refractivity (Wildman–Crippen MR) is 101 cm³/mol. The minimum Gasteiger partial charge on any atom is -0.493 e. The van der Waals surface area contributed by atoms with Gasteiger partial charge in [-0.15, -0.1) is 11.3 Å². The number of carbonyl (C=O) groups is 1. The van der Waals surface area contributed by atoms with Crippen LogP contribution in [0.25, 0.3) is 11.3 Å². The maximum atomic E-state index is 12.3. The van der Waals surface area contributed by atoms with Crippen LogP contribution in [0.3, 0.4) is 0 Å². The lowest BCUT2D eigenvalue weighted by Gasteiger charge is -2.06. The van der Waals surface area contributed by atoms with Crippen molar-refractivity contribution in [1.29, 1.82) is 0 Å². The monoisotopic (exact) mass is 406 g/mol. The number of hydrogen-bond acceptors (Lipinski definition) is 4. The Kier molecular flexibility index (Phi) is 4.00. The molecular weight excluding hydrogens is 399 g/mol. The lowest BCUT2D eigenvalue weighted by Crippen LogP contribution is -2.22. The molecule has 1 N–H and O–H groups in total. The van der Waals surface area contributed by atoms with Crippen LogP contribution in [0.1, 0.15) is 4.88 Å². The lowest BCUT2D eigenvalue weighted by atomic mass is 10.1. The summed E-state index contributed by atoms with van der Waals surface area (Å²) in [7, 11) is 0. The molecular formula is C17H8Cl2N2O2S2. The third-order valence-electron chi connectivity index (χ3n) is 3.78. The van der Waals surface area contributed by atoms with Gasteiger partial charge in [0.2, 0.25) is 5.88 Å². The number of carbonyl (C=O) groups excluding carboxylic acids is 1. The molecule has 0 atom stereocenters. The number of thiazole rings is 1. The molecule has 0 saturated heterocycles. The van der Waals surface area contributed by atoms with E-state index in [1.165, 1.54) is 4.57 Å². The minimum absolute atomic E-state index is 0.122. The second-order valence-corrected chi connectivity index (χ2v) is 7.72. The summed E-state index contributed by atoms with van der Waals surface area (Å²) in [6.45, 7) is 0. The molecule has 1 aliphatic heterocycles. The molecule has 4 nitrogen and oxygen atoms in total. The number of nitrogens with zero attached hydrogens (tertiary/aromatic N) is 2. The van der Waals surface area contributed by atoms with Gasteiger partial charge in [-0.3, -0.25) is 9.36 Å². The first-order valence-electron chi connectivity index (χ1n) is 7.10. The van der Waals surface area contributed by atoms with Crippen molar-refractivity contribution in [2.24, 2.45) is 4.99 Å². The molecule has 3 aromatic rings. The van der Waals surface area contributed by atoms with E-state index in [0.29, 0.717) is 40.7 Å². The highest BCUT2D eigenvalue weighted by atomic mass is 35.5. The number of aromatic nitrogens is 1. The molecule has 0 fully saturated rings. The predicted octanol–water partition coefficient (Wildman–Crippen LogP) is 3.64. The minimum atomic E-state index is -0.394. The molecule has 124 valence electrons. The summed E-state index contributed by atoms with van der Waals surface area (Å²) >= 11 is 18.5. The van der Waals surface area contributed by atoms with Gasteiger partial charge in [-0.05, 0) is 36.5 Å². The summed E-state index contributed by atoms with van der Waals surface area (Å²) in [5.74, 6) is -0.516. The van der Waals surface area contributed by atoms with Crippen LogP contribution in [0.5, 0.6) is 5.88 Å². The molecule has 25 heavy (non-hydrogen) atoms. The van der Waals surface area contributed by atoms with Gasteiger partial charge in [-0.2, -0.15) is 0 Å². The van der Waals surface area contributed by atoms with Gasteiger partial charge >= 0.3 is 0 Å². The van der Waals surface area contributed by atoms with Gasteiger partial charge in [-0.25, -0.2) is 4.99 Å². The molecule has 1 amide bonds. The van der Waals surface area contributed by atoms with Crippen LogP contribution in [-0.4, -0.2) is 15.6 Å². The maximum Gasteiger partial charge on any atom is 0.279 e. The van der Waals surface area contributed by atoms with Gasteiger partial charge in [0.15, 0.2) is 3.95 Å². The summed E-state index contributed by atoms with van der Waals surface area (Å²) in [4.78, 5) is 16.8. The highest BCUT2D eigenvalue weighted by molar-refractivity contribution is 7.73. The number of aromatic hydroxyl groups is 1. The van der Waals surface area contributed by atoms with Gasteiger partial charge < -0.3 is 5.11 Å². The molecule has 4 rings (SSSR count). The van der Waals surface area contributed by atoms with E-state index in [4.69, 9.17) is 35.4 Å². The van der Waals surface area contributed by atoms with Crippen molar-refractivity contribution in [3.63, 3.8) is 0 Å². The van der Waals surface area contributed by atoms with Crippen molar-refractivity contribution in [2.45, 2.75) is 0 Å². The van der Waals surface area contributed by atoms with Crippen molar-refractivity contribution in [3.05, 3.63) is 71.9 Å². The fourth-order valence-electron chi connectivity index (χ4n) is 2.66. The van der Waals surface area contributed by atoms with Crippen molar-refractivity contribution in [2.75, 3.05) is 0 Å². The van der Waals surface area contributed by atoms with Crippen molar-refractivity contribution in [3.8, 4) is 11.6 Å². The Morgan fingerprint density at radius 1 is 1.12 bits per heavy atom. The summed E-state index contributed by atoms with van der Waals surface area (Å²) < 4.78 is 1.84. The van der Waals surface area contributed by atoms with Crippen LogP contribution in [0.2, 0.25) is 10.0 Å². The van der Waals surface area contributed by atoms with E-state index >= 15 is 0 Å². The van der Waals surface area contributed by atoms with Crippen LogP contribution in [0, 0.1) is 3.95 Å². The van der Waals surface area contributed by atoms with Crippen LogP contribution >= 0.6 is 46.8 Å². The number of hydrogen-bond donors (Lipinski definition) is 1. The average Bonchev–Trinajstić information content (AvgIpc) is 3.05. The Morgan fingerprint density at radius 2 is 1.88 bits per heavy atom. The normalized spacial score (nSPS) is 13.0. The molecule has 0 aliphatic carbocycles. The topological polar surface area (TPSA) is 54.6 Å². The molecule has 2 aromatic carbocycles. The Morgan fingerprint density at radius 3 is 2.64 bits per heavy atom. The van der Waals surface area contributed by atoms with Gasteiger partial charge in [0.1, 0.15) is 4.88 Å². The third kappa shape index (κ3) is 2.62. The molecule has 2 heterocycles. The lowest BCUT2D eigenvalue weighted by molar-refractivity contribution is -0.112. The standard InChI is InChI=1S/C17H8Cl2N2O2S2/c18-10-6-5-8(7-11(10)19)21-16(23)14(25-17(21)24)13-9-3-1-2-4-12(9)20-15(13)22/h1-7,23H. The summed E-state index contributed by atoms with van der Waals surface area (Å²) in [5, 5.41) is 12.8. The van der Waals surface area contributed by atoms with Crippen molar-refractivity contribution in [1.82, 2.24) is 4.57 Å². The number of benzene rings is 2. The van der Waals surface area contributed by atoms with Crippen molar-refractivity contribution < 1.29 is 9.90 Å².